The number of halogens is 1. The van der Waals surface area contributed by atoms with Crippen LogP contribution in [0.3, 0.4) is 0 Å². The van der Waals surface area contributed by atoms with E-state index >= 15 is 0 Å². The molecule has 1 fully saturated rings. The number of para-hydroxylation sites is 1. The van der Waals surface area contributed by atoms with E-state index in [1.807, 2.05) is 18.2 Å². The van der Waals surface area contributed by atoms with Crippen molar-refractivity contribution in [1.29, 1.82) is 0 Å². The highest BCUT2D eigenvalue weighted by atomic mass is 19.1. The first-order valence-corrected chi connectivity index (χ1v) is 9.97. The molecular weight excluding hydrogens is 371 g/mol. The molecule has 0 spiro atoms. The molecule has 1 aromatic heterocycles. The summed E-state index contributed by atoms with van der Waals surface area (Å²) in [7, 11) is 0. The fourth-order valence-corrected chi connectivity index (χ4v) is 3.71. The third kappa shape index (κ3) is 4.31. The van der Waals surface area contributed by atoms with Crippen molar-refractivity contribution in [3.63, 3.8) is 0 Å². The Labute approximate surface area is 168 Å². The lowest BCUT2D eigenvalue weighted by Crippen LogP contribution is -2.32. The molecule has 5 nitrogen and oxygen atoms in total. The maximum absolute atomic E-state index is 13.2. The Morgan fingerprint density at radius 2 is 1.66 bits per heavy atom. The van der Waals surface area contributed by atoms with Crippen LogP contribution in [0.2, 0.25) is 0 Å². The highest BCUT2D eigenvalue weighted by molar-refractivity contribution is 6.11. The molecule has 1 aliphatic heterocycles. The van der Waals surface area contributed by atoms with Gasteiger partial charge in [-0.2, -0.15) is 0 Å². The molecule has 2 heterocycles. The first kappa shape index (κ1) is 19.2. The summed E-state index contributed by atoms with van der Waals surface area (Å²) in [6.07, 6.45) is 4.25. The molecule has 0 radical (unpaired) electrons. The van der Waals surface area contributed by atoms with E-state index in [4.69, 9.17) is 4.42 Å². The zero-order chi connectivity index (χ0) is 20.2. The number of fused-ring (bicyclic) bond motifs is 1. The van der Waals surface area contributed by atoms with Crippen molar-refractivity contribution in [2.45, 2.75) is 32.1 Å². The third-order valence-corrected chi connectivity index (χ3v) is 5.23. The first-order chi connectivity index (χ1) is 14.1. The zero-order valence-electron chi connectivity index (χ0n) is 16.1. The number of carbonyl (C=O) groups excluding carboxylic acids is 2. The minimum atomic E-state index is -0.347. The highest BCUT2D eigenvalue weighted by Gasteiger charge is 2.26. The third-order valence-electron chi connectivity index (χ3n) is 5.23. The Morgan fingerprint density at radius 3 is 2.38 bits per heavy atom. The van der Waals surface area contributed by atoms with Crippen LogP contribution < -0.4 is 5.32 Å². The summed E-state index contributed by atoms with van der Waals surface area (Å²) in [5.74, 6) is -0.658. The topological polar surface area (TPSA) is 62.6 Å². The summed E-state index contributed by atoms with van der Waals surface area (Å²) in [6.45, 7) is 1.39. The molecule has 2 aromatic carbocycles. The van der Waals surface area contributed by atoms with Crippen LogP contribution in [-0.2, 0) is 11.2 Å². The van der Waals surface area contributed by atoms with Gasteiger partial charge in [0, 0.05) is 18.5 Å². The molecule has 150 valence electrons. The number of nitrogens with zero attached hydrogens (tertiary/aromatic N) is 1. The van der Waals surface area contributed by atoms with Gasteiger partial charge in [-0.1, -0.05) is 37.1 Å². The molecule has 0 saturated carbocycles. The second kappa shape index (κ2) is 8.47. The number of benzene rings is 2. The summed E-state index contributed by atoms with van der Waals surface area (Å²) in [5.41, 5.74) is 1.65. The van der Waals surface area contributed by atoms with E-state index in [0.717, 1.165) is 25.7 Å². The smallest absolute Gasteiger partial charge is 0.291 e. The normalized spacial score (nSPS) is 14.6. The Kier molecular flexibility index (Phi) is 5.60. The van der Waals surface area contributed by atoms with Crippen molar-refractivity contribution in [3.8, 4) is 0 Å². The van der Waals surface area contributed by atoms with Gasteiger partial charge < -0.3 is 14.6 Å². The summed E-state index contributed by atoms with van der Waals surface area (Å²) in [6, 6.07) is 13.1. The summed E-state index contributed by atoms with van der Waals surface area (Å²) < 4.78 is 19.0. The molecule has 0 unspecified atom stereocenters. The van der Waals surface area contributed by atoms with Crippen molar-refractivity contribution in [2.24, 2.45) is 0 Å². The van der Waals surface area contributed by atoms with E-state index in [9.17, 15) is 14.0 Å². The number of nitrogens with one attached hydrogen (secondary N) is 1. The van der Waals surface area contributed by atoms with Gasteiger partial charge in [0.2, 0.25) is 11.7 Å². The Balaban J connectivity index is 1.61. The van der Waals surface area contributed by atoms with Crippen LogP contribution in [0.4, 0.5) is 10.1 Å². The number of hydrogen-bond donors (Lipinski definition) is 1. The highest BCUT2D eigenvalue weighted by Crippen LogP contribution is 2.32. The van der Waals surface area contributed by atoms with Gasteiger partial charge in [-0.05, 0) is 42.7 Å². The van der Waals surface area contributed by atoms with E-state index < -0.39 is 0 Å². The average molecular weight is 394 g/mol. The fraction of sp³-hybridized carbons (Fsp3) is 0.304. The summed E-state index contributed by atoms with van der Waals surface area (Å²) >= 11 is 0. The SMILES string of the molecule is O=C(Cc1ccc(F)cc1)Nc1c(C(=O)N2CCCCCC2)oc2ccccc12. The maximum atomic E-state index is 13.2. The van der Waals surface area contributed by atoms with Crippen LogP contribution in [0.15, 0.2) is 52.9 Å². The number of likely N-dealkylation sites (tertiary alicyclic amines) is 1. The first-order valence-electron chi connectivity index (χ1n) is 9.97. The number of carbonyl (C=O) groups is 2. The maximum Gasteiger partial charge on any atom is 0.291 e. The van der Waals surface area contributed by atoms with Crippen LogP contribution >= 0.6 is 0 Å². The number of amides is 2. The second-order valence-electron chi connectivity index (χ2n) is 7.36. The van der Waals surface area contributed by atoms with E-state index in [1.165, 1.54) is 12.1 Å². The Morgan fingerprint density at radius 1 is 0.966 bits per heavy atom. The van der Waals surface area contributed by atoms with Gasteiger partial charge in [-0.15, -0.1) is 0 Å². The molecule has 4 rings (SSSR count). The molecular formula is C23H23FN2O3. The number of hydrogen-bond acceptors (Lipinski definition) is 3. The fourth-order valence-electron chi connectivity index (χ4n) is 3.71. The largest absolute Gasteiger partial charge is 0.449 e. The van der Waals surface area contributed by atoms with E-state index in [1.54, 1.807) is 23.1 Å². The van der Waals surface area contributed by atoms with Crippen molar-refractivity contribution < 1.29 is 18.4 Å². The summed E-state index contributed by atoms with van der Waals surface area (Å²) in [4.78, 5) is 27.6. The minimum Gasteiger partial charge on any atom is -0.449 e. The molecule has 3 aromatic rings. The molecule has 1 aliphatic rings. The van der Waals surface area contributed by atoms with Gasteiger partial charge in [0.05, 0.1) is 6.42 Å². The molecule has 0 bridgehead atoms. The van der Waals surface area contributed by atoms with E-state index in [-0.39, 0.29) is 29.8 Å². The van der Waals surface area contributed by atoms with Crippen LogP contribution in [0.25, 0.3) is 11.0 Å². The lowest BCUT2D eigenvalue weighted by Gasteiger charge is -2.19. The second-order valence-corrected chi connectivity index (χ2v) is 7.36. The predicted octanol–water partition coefficient (Wildman–Crippen LogP) is 4.77. The quantitative estimate of drug-likeness (QED) is 0.693. The van der Waals surface area contributed by atoms with Gasteiger partial charge in [-0.25, -0.2) is 4.39 Å². The predicted molar refractivity (Wildman–Crippen MR) is 109 cm³/mol. The van der Waals surface area contributed by atoms with Gasteiger partial charge >= 0.3 is 0 Å². The number of rotatable bonds is 4. The monoisotopic (exact) mass is 394 g/mol. The van der Waals surface area contributed by atoms with E-state index in [0.29, 0.717) is 35.3 Å². The lowest BCUT2D eigenvalue weighted by atomic mass is 10.1. The number of anilines is 1. The van der Waals surface area contributed by atoms with Crippen LogP contribution in [-0.4, -0.2) is 29.8 Å². The molecule has 1 saturated heterocycles. The lowest BCUT2D eigenvalue weighted by molar-refractivity contribution is -0.115. The molecule has 0 aliphatic carbocycles. The Hall–Kier alpha value is -3.15. The molecule has 1 N–H and O–H groups in total. The Bertz CT molecular complexity index is 1020. The van der Waals surface area contributed by atoms with Crippen molar-refractivity contribution in [2.75, 3.05) is 18.4 Å². The number of furan rings is 1. The van der Waals surface area contributed by atoms with Crippen LogP contribution in [0.1, 0.15) is 41.8 Å². The molecule has 0 atom stereocenters. The standard InChI is InChI=1S/C23H23FN2O3/c24-17-11-9-16(10-12-17)15-20(27)25-21-18-7-3-4-8-19(18)29-22(21)23(28)26-13-5-1-2-6-14-26/h3-4,7-12H,1-2,5-6,13-15H2,(H,25,27). The van der Waals surface area contributed by atoms with E-state index in [2.05, 4.69) is 5.32 Å². The van der Waals surface area contributed by atoms with Gasteiger partial charge in [0.15, 0.2) is 0 Å². The van der Waals surface area contributed by atoms with Gasteiger partial charge in [0.1, 0.15) is 17.1 Å². The summed E-state index contributed by atoms with van der Waals surface area (Å²) in [5, 5.41) is 3.55. The molecule has 2 amide bonds. The zero-order valence-corrected chi connectivity index (χ0v) is 16.1. The van der Waals surface area contributed by atoms with Gasteiger partial charge in [-0.3, -0.25) is 9.59 Å². The molecule has 29 heavy (non-hydrogen) atoms. The molecule has 6 heteroatoms. The van der Waals surface area contributed by atoms with Crippen molar-refractivity contribution in [1.82, 2.24) is 4.90 Å². The average Bonchev–Trinajstić information content (AvgIpc) is 2.90. The van der Waals surface area contributed by atoms with Crippen LogP contribution in [0.5, 0.6) is 0 Å². The van der Waals surface area contributed by atoms with Gasteiger partial charge in [0.25, 0.3) is 5.91 Å². The minimum absolute atomic E-state index is 0.0805. The van der Waals surface area contributed by atoms with Crippen molar-refractivity contribution in [3.05, 3.63) is 65.7 Å². The van der Waals surface area contributed by atoms with Crippen LogP contribution in [0, 0.1) is 5.82 Å². The van der Waals surface area contributed by atoms with Crippen molar-refractivity contribution >= 4 is 28.5 Å².